The Morgan fingerprint density at radius 3 is 2.59 bits per heavy atom. The summed E-state index contributed by atoms with van der Waals surface area (Å²) in [5.74, 6) is 0.914. The molecule has 1 aliphatic heterocycles. The van der Waals surface area contributed by atoms with Crippen LogP contribution in [0, 0.1) is 13.8 Å². The number of rotatable bonds is 2. The lowest BCUT2D eigenvalue weighted by Gasteiger charge is -2.27. The Balaban J connectivity index is 0.00000144. The second-order valence-electron chi connectivity index (χ2n) is 4.11. The molecule has 96 valence electrons. The number of aromatic nitrogens is 1. The summed E-state index contributed by atoms with van der Waals surface area (Å²) in [6, 6.07) is 0. The molecule has 1 N–H and O–H groups in total. The van der Waals surface area contributed by atoms with E-state index in [0.29, 0.717) is 6.42 Å². The first-order valence-electron chi connectivity index (χ1n) is 5.58. The van der Waals surface area contributed by atoms with Crippen molar-refractivity contribution >= 4 is 18.3 Å². The number of carbonyl (C=O) groups excluding carboxylic acids is 1. The fraction of sp³-hybridized carbons (Fsp3) is 0.636. The van der Waals surface area contributed by atoms with Crippen molar-refractivity contribution in [3.8, 4) is 0 Å². The van der Waals surface area contributed by atoms with E-state index >= 15 is 0 Å². The van der Waals surface area contributed by atoms with Crippen LogP contribution in [0.25, 0.3) is 0 Å². The summed E-state index contributed by atoms with van der Waals surface area (Å²) >= 11 is 0. The van der Waals surface area contributed by atoms with Crippen LogP contribution in [0.2, 0.25) is 0 Å². The predicted molar refractivity (Wildman–Crippen MR) is 66.4 cm³/mol. The number of halogens is 1. The van der Waals surface area contributed by atoms with Crippen molar-refractivity contribution in [3.05, 3.63) is 17.0 Å². The van der Waals surface area contributed by atoms with Crippen molar-refractivity contribution in [1.29, 1.82) is 0 Å². The Kier molecular flexibility index (Phi) is 4.96. The average molecular weight is 260 g/mol. The van der Waals surface area contributed by atoms with E-state index in [1.165, 1.54) is 0 Å². The number of hydrogen-bond acceptors (Lipinski definition) is 4. The minimum Gasteiger partial charge on any atom is -0.361 e. The van der Waals surface area contributed by atoms with E-state index in [9.17, 15) is 4.79 Å². The van der Waals surface area contributed by atoms with Gasteiger partial charge in [0.15, 0.2) is 0 Å². The number of aryl methyl sites for hydroxylation is 2. The third-order valence-electron chi connectivity index (χ3n) is 2.98. The summed E-state index contributed by atoms with van der Waals surface area (Å²) in [4.78, 5) is 13.9. The van der Waals surface area contributed by atoms with Gasteiger partial charge in [0.05, 0.1) is 12.1 Å². The summed E-state index contributed by atoms with van der Waals surface area (Å²) in [5, 5.41) is 7.08. The molecule has 1 aliphatic rings. The van der Waals surface area contributed by atoms with E-state index in [-0.39, 0.29) is 18.3 Å². The van der Waals surface area contributed by atoms with E-state index in [1.54, 1.807) is 0 Å². The Labute approximate surface area is 107 Å². The molecule has 0 atom stereocenters. The van der Waals surface area contributed by atoms with Crippen LogP contribution in [0.5, 0.6) is 0 Å². The number of piperazine rings is 1. The summed E-state index contributed by atoms with van der Waals surface area (Å²) < 4.78 is 5.05. The maximum absolute atomic E-state index is 12.0. The zero-order valence-electron chi connectivity index (χ0n) is 10.2. The summed E-state index contributed by atoms with van der Waals surface area (Å²) in [6.07, 6.45) is 0.404. The molecule has 6 heteroatoms. The minimum absolute atomic E-state index is 0. The predicted octanol–water partition coefficient (Wildman–Crippen LogP) is 0.688. The second-order valence-corrected chi connectivity index (χ2v) is 4.11. The first-order valence-corrected chi connectivity index (χ1v) is 5.58. The van der Waals surface area contributed by atoms with E-state index in [0.717, 1.165) is 43.2 Å². The minimum atomic E-state index is 0. The second kappa shape index (κ2) is 6.02. The molecule has 5 nitrogen and oxygen atoms in total. The van der Waals surface area contributed by atoms with Gasteiger partial charge in [0.25, 0.3) is 0 Å². The number of nitrogens with one attached hydrogen (secondary N) is 1. The van der Waals surface area contributed by atoms with Gasteiger partial charge in [-0.15, -0.1) is 12.4 Å². The normalized spacial score (nSPS) is 15.5. The van der Waals surface area contributed by atoms with Crippen LogP contribution >= 0.6 is 12.4 Å². The number of hydrogen-bond donors (Lipinski definition) is 1. The van der Waals surface area contributed by atoms with Gasteiger partial charge in [-0.2, -0.15) is 0 Å². The topological polar surface area (TPSA) is 58.4 Å². The van der Waals surface area contributed by atoms with Crippen LogP contribution in [0.1, 0.15) is 17.0 Å². The number of amides is 1. The van der Waals surface area contributed by atoms with Crippen LogP contribution in [-0.4, -0.2) is 42.1 Å². The monoisotopic (exact) mass is 259 g/mol. The summed E-state index contributed by atoms with van der Waals surface area (Å²) in [5.41, 5.74) is 1.75. The molecular weight excluding hydrogens is 242 g/mol. The van der Waals surface area contributed by atoms with Gasteiger partial charge in [-0.25, -0.2) is 0 Å². The third-order valence-corrected chi connectivity index (χ3v) is 2.98. The zero-order chi connectivity index (χ0) is 11.5. The van der Waals surface area contributed by atoms with Crippen molar-refractivity contribution in [2.24, 2.45) is 0 Å². The maximum atomic E-state index is 12.0. The van der Waals surface area contributed by atoms with Crippen LogP contribution in [0.4, 0.5) is 0 Å². The van der Waals surface area contributed by atoms with Gasteiger partial charge in [-0.1, -0.05) is 5.16 Å². The van der Waals surface area contributed by atoms with E-state index in [2.05, 4.69) is 10.5 Å². The van der Waals surface area contributed by atoms with E-state index in [4.69, 9.17) is 4.52 Å². The average Bonchev–Trinajstić information content (AvgIpc) is 2.62. The van der Waals surface area contributed by atoms with Crippen molar-refractivity contribution in [3.63, 3.8) is 0 Å². The zero-order valence-corrected chi connectivity index (χ0v) is 11.0. The van der Waals surface area contributed by atoms with Gasteiger partial charge in [0.1, 0.15) is 5.76 Å². The Morgan fingerprint density at radius 2 is 2.06 bits per heavy atom. The highest BCUT2D eigenvalue weighted by molar-refractivity contribution is 5.85. The van der Waals surface area contributed by atoms with Crippen LogP contribution in [-0.2, 0) is 11.2 Å². The lowest BCUT2D eigenvalue weighted by atomic mass is 10.1. The molecule has 1 aromatic rings. The molecule has 0 bridgehead atoms. The molecule has 0 radical (unpaired) electrons. The largest absolute Gasteiger partial charge is 0.361 e. The Morgan fingerprint density at radius 1 is 1.41 bits per heavy atom. The van der Waals surface area contributed by atoms with E-state index in [1.807, 2.05) is 18.7 Å². The van der Waals surface area contributed by atoms with Gasteiger partial charge in [-0.3, -0.25) is 4.79 Å². The van der Waals surface area contributed by atoms with Crippen LogP contribution in [0.3, 0.4) is 0 Å². The lowest BCUT2D eigenvalue weighted by Crippen LogP contribution is -2.47. The molecule has 1 aromatic heterocycles. The first-order chi connectivity index (χ1) is 7.68. The fourth-order valence-corrected chi connectivity index (χ4v) is 1.93. The summed E-state index contributed by atoms with van der Waals surface area (Å²) in [7, 11) is 0. The van der Waals surface area contributed by atoms with Gasteiger partial charge in [0.2, 0.25) is 5.91 Å². The van der Waals surface area contributed by atoms with Gasteiger partial charge < -0.3 is 14.7 Å². The molecule has 0 spiro atoms. The maximum Gasteiger partial charge on any atom is 0.227 e. The molecule has 0 unspecified atom stereocenters. The van der Waals surface area contributed by atoms with E-state index < -0.39 is 0 Å². The smallest absolute Gasteiger partial charge is 0.227 e. The number of carbonyl (C=O) groups is 1. The molecule has 1 amide bonds. The highest BCUT2D eigenvalue weighted by Crippen LogP contribution is 2.14. The molecule has 0 saturated carbocycles. The lowest BCUT2D eigenvalue weighted by molar-refractivity contribution is -0.131. The molecular formula is C11H18ClN3O2. The van der Waals surface area contributed by atoms with Crippen molar-refractivity contribution in [2.75, 3.05) is 26.2 Å². The quantitative estimate of drug-likeness (QED) is 0.849. The van der Waals surface area contributed by atoms with Crippen molar-refractivity contribution in [2.45, 2.75) is 20.3 Å². The molecule has 0 aliphatic carbocycles. The molecule has 1 fully saturated rings. The molecule has 1 saturated heterocycles. The van der Waals surface area contributed by atoms with Gasteiger partial charge in [0, 0.05) is 31.7 Å². The highest BCUT2D eigenvalue weighted by Gasteiger charge is 2.19. The first kappa shape index (κ1) is 14.0. The highest BCUT2D eigenvalue weighted by atomic mass is 35.5. The van der Waals surface area contributed by atoms with Gasteiger partial charge >= 0.3 is 0 Å². The Hall–Kier alpha value is -1.07. The molecule has 2 heterocycles. The van der Waals surface area contributed by atoms with Gasteiger partial charge in [-0.05, 0) is 13.8 Å². The standard InChI is InChI=1S/C11H17N3O2.ClH/c1-8-10(9(2)16-13-8)7-11(15)14-5-3-12-4-6-14;/h12H,3-7H2,1-2H3;1H. The molecule has 17 heavy (non-hydrogen) atoms. The Bertz CT molecular complexity index is 367. The van der Waals surface area contributed by atoms with Crippen molar-refractivity contribution in [1.82, 2.24) is 15.4 Å². The molecule has 2 rings (SSSR count). The third kappa shape index (κ3) is 3.20. The number of nitrogens with zero attached hydrogens (tertiary/aromatic N) is 2. The SMILES string of the molecule is Cc1noc(C)c1CC(=O)N1CCNCC1.Cl. The molecule has 0 aromatic carbocycles. The summed E-state index contributed by atoms with van der Waals surface area (Å²) in [6.45, 7) is 7.07. The fourth-order valence-electron chi connectivity index (χ4n) is 1.93. The van der Waals surface area contributed by atoms with Crippen LogP contribution < -0.4 is 5.32 Å². The van der Waals surface area contributed by atoms with Crippen LogP contribution in [0.15, 0.2) is 4.52 Å². The van der Waals surface area contributed by atoms with Crippen molar-refractivity contribution < 1.29 is 9.32 Å².